The summed E-state index contributed by atoms with van der Waals surface area (Å²) in [5, 5.41) is 3.41. The molecular formula is C13H29N. The van der Waals surface area contributed by atoms with Crippen molar-refractivity contribution in [3.05, 3.63) is 0 Å². The van der Waals surface area contributed by atoms with Crippen LogP contribution in [0.5, 0.6) is 0 Å². The van der Waals surface area contributed by atoms with Gasteiger partial charge in [-0.2, -0.15) is 0 Å². The molecule has 1 nitrogen and oxygen atoms in total. The van der Waals surface area contributed by atoms with Crippen LogP contribution in [0.2, 0.25) is 0 Å². The van der Waals surface area contributed by atoms with E-state index in [1.165, 1.54) is 32.2 Å². The zero-order chi connectivity index (χ0) is 11.0. The second-order valence-electron chi connectivity index (χ2n) is 5.37. The van der Waals surface area contributed by atoms with Crippen molar-refractivity contribution >= 4 is 0 Å². The summed E-state index contributed by atoms with van der Waals surface area (Å²) in [5.74, 6) is 0.886. The molecule has 0 saturated heterocycles. The quantitative estimate of drug-likeness (QED) is 0.586. The second kappa shape index (κ2) is 7.28. The van der Waals surface area contributed by atoms with Gasteiger partial charge in [-0.3, -0.25) is 0 Å². The summed E-state index contributed by atoms with van der Waals surface area (Å²) in [7, 11) is 0. The predicted octanol–water partition coefficient (Wildman–Crippen LogP) is 3.84. The Labute approximate surface area is 90.7 Å². The van der Waals surface area contributed by atoms with Crippen LogP contribution in [-0.2, 0) is 0 Å². The van der Waals surface area contributed by atoms with E-state index >= 15 is 0 Å². The van der Waals surface area contributed by atoms with Gasteiger partial charge in [0.05, 0.1) is 0 Å². The Morgan fingerprint density at radius 2 is 1.86 bits per heavy atom. The van der Waals surface area contributed by atoms with Crippen LogP contribution in [0.25, 0.3) is 0 Å². The van der Waals surface area contributed by atoms with Crippen molar-refractivity contribution in [2.24, 2.45) is 11.3 Å². The van der Waals surface area contributed by atoms with Gasteiger partial charge in [0.15, 0.2) is 0 Å². The highest BCUT2D eigenvalue weighted by atomic mass is 14.8. The van der Waals surface area contributed by atoms with Crippen molar-refractivity contribution in [3.63, 3.8) is 0 Å². The summed E-state index contributed by atoms with van der Waals surface area (Å²) in [4.78, 5) is 0. The van der Waals surface area contributed by atoms with E-state index in [9.17, 15) is 0 Å². The van der Waals surface area contributed by atoms with Crippen LogP contribution >= 0.6 is 0 Å². The standard InChI is InChI=1S/C13H29N/c1-6-8-12(3)11-13(4,5)9-10-14-7-2/h12,14H,6-11H2,1-5H3. The first kappa shape index (κ1) is 14.0. The molecule has 0 aliphatic carbocycles. The number of hydrogen-bond acceptors (Lipinski definition) is 1. The Kier molecular flexibility index (Phi) is 7.26. The van der Waals surface area contributed by atoms with E-state index in [0.29, 0.717) is 5.41 Å². The van der Waals surface area contributed by atoms with E-state index in [0.717, 1.165) is 12.5 Å². The van der Waals surface area contributed by atoms with Crippen molar-refractivity contribution in [2.75, 3.05) is 13.1 Å². The van der Waals surface area contributed by atoms with Gasteiger partial charge < -0.3 is 5.32 Å². The van der Waals surface area contributed by atoms with Crippen LogP contribution in [0.1, 0.15) is 60.3 Å². The molecule has 0 amide bonds. The van der Waals surface area contributed by atoms with Crippen molar-refractivity contribution in [3.8, 4) is 0 Å². The van der Waals surface area contributed by atoms with Crippen LogP contribution in [-0.4, -0.2) is 13.1 Å². The lowest BCUT2D eigenvalue weighted by molar-refractivity contribution is 0.246. The molecule has 1 heteroatoms. The molecule has 0 spiro atoms. The second-order valence-corrected chi connectivity index (χ2v) is 5.37. The molecule has 1 unspecified atom stereocenters. The average molecular weight is 199 g/mol. The van der Waals surface area contributed by atoms with Crippen LogP contribution < -0.4 is 5.32 Å². The zero-order valence-corrected chi connectivity index (χ0v) is 10.8. The summed E-state index contributed by atoms with van der Waals surface area (Å²) >= 11 is 0. The molecule has 14 heavy (non-hydrogen) atoms. The van der Waals surface area contributed by atoms with E-state index in [2.05, 4.69) is 39.9 Å². The Morgan fingerprint density at radius 3 is 2.36 bits per heavy atom. The molecule has 0 saturated carbocycles. The van der Waals surface area contributed by atoms with E-state index < -0.39 is 0 Å². The summed E-state index contributed by atoms with van der Waals surface area (Å²) in [5.41, 5.74) is 0.511. The Hall–Kier alpha value is -0.0400. The molecule has 86 valence electrons. The first-order valence-electron chi connectivity index (χ1n) is 6.22. The number of hydrogen-bond donors (Lipinski definition) is 1. The SMILES string of the molecule is CCCC(C)CC(C)(C)CCNCC. The van der Waals surface area contributed by atoms with Crippen molar-refractivity contribution < 1.29 is 0 Å². The topological polar surface area (TPSA) is 12.0 Å². The van der Waals surface area contributed by atoms with Crippen LogP contribution in [0.15, 0.2) is 0 Å². The predicted molar refractivity (Wildman–Crippen MR) is 65.6 cm³/mol. The maximum atomic E-state index is 3.41. The fraction of sp³-hybridized carbons (Fsp3) is 1.00. The van der Waals surface area contributed by atoms with E-state index in [-0.39, 0.29) is 0 Å². The zero-order valence-electron chi connectivity index (χ0n) is 10.8. The molecule has 0 rings (SSSR count). The largest absolute Gasteiger partial charge is 0.317 e. The molecule has 0 aliphatic rings. The van der Waals surface area contributed by atoms with Gasteiger partial charge in [-0.1, -0.05) is 47.5 Å². The minimum Gasteiger partial charge on any atom is -0.317 e. The average Bonchev–Trinajstić information content (AvgIpc) is 2.03. The monoisotopic (exact) mass is 199 g/mol. The number of nitrogens with one attached hydrogen (secondary N) is 1. The fourth-order valence-electron chi connectivity index (χ4n) is 2.24. The van der Waals surface area contributed by atoms with Gasteiger partial charge in [-0.15, -0.1) is 0 Å². The van der Waals surface area contributed by atoms with Gasteiger partial charge in [0, 0.05) is 0 Å². The van der Waals surface area contributed by atoms with Crippen molar-refractivity contribution in [1.82, 2.24) is 5.32 Å². The summed E-state index contributed by atoms with van der Waals surface area (Å²) in [6.07, 6.45) is 5.37. The molecule has 1 atom stereocenters. The molecular weight excluding hydrogens is 170 g/mol. The number of rotatable bonds is 8. The van der Waals surface area contributed by atoms with Gasteiger partial charge in [-0.05, 0) is 37.3 Å². The highest BCUT2D eigenvalue weighted by molar-refractivity contribution is 4.72. The Morgan fingerprint density at radius 1 is 1.21 bits per heavy atom. The van der Waals surface area contributed by atoms with Crippen molar-refractivity contribution in [2.45, 2.75) is 60.3 Å². The van der Waals surface area contributed by atoms with Gasteiger partial charge in [0.1, 0.15) is 0 Å². The summed E-state index contributed by atoms with van der Waals surface area (Å²) in [6, 6.07) is 0. The van der Waals surface area contributed by atoms with E-state index in [1.54, 1.807) is 0 Å². The van der Waals surface area contributed by atoms with Crippen LogP contribution in [0.4, 0.5) is 0 Å². The lowest BCUT2D eigenvalue weighted by atomic mass is 9.79. The normalized spacial score (nSPS) is 14.4. The maximum absolute atomic E-state index is 3.41. The Balaban J connectivity index is 3.69. The highest BCUT2D eigenvalue weighted by Crippen LogP contribution is 2.30. The minimum atomic E-state index is 0.511. The van der Waals surface area contributed by atoms with Gasteiger partial charge in [0.25, 0.3) is 0 Å². The minimum absolute atomic E-state index is 0.511. The summed E-state index contributed by atoms with van der Waals surface area (Å²) < 4.78 is 0. The third-order valence-corrected chi connectivity index (χ3v) is 2.91. The molecule has 0 aromatic heterocycles. The molecule has 0 radical (unpaired) electrons. The van der Waals surface area contributed by atoms with Gasteiger partial charge in [-0.25, -0.2) is 0 Å². The molecule has 0 fully saturated rings. The highest BCUT2D eigenvalue weighted by Gasteiger charge is 2.19. The van der Waals surface area contributed by atoms with Gasteiger partial charge in [0.2, 0.25) is 0 Å². The molecule has 0 aliphatic heterocycles. The molecule has 0 bridgehead atoms. The fourth-order valence-corrected chi connectivity index (χ4v) is 2.24. The molecule has 0 aromatic rings. The summed E-state index contributed by atoms with van der Waals surface area (Å²) in [6.45, 7) is 13.9. The third-order valence-electron chi connectivity index (χ3n) is 2.91. The van der Waals surface area contributed by atoms with Crippen molar-refractivity contribution in [1.29, 1.82) is 0 Å². The van der Waals surface area contributed by atoms with Crippen LogP contribution in [0, 0.1) is 11.3 Å². The lowest BCUT2D eigenvalue weighted by Crippen LogP contribution is -2.23. The van der Waals surface area contributed by atoms with Gasteiger partial charge >= 0.3 is 0 Å². The molecule has 1 N–H and O–H groups in total. The van der Waals surface area contributed by atoms with E-state index in [1.807, 2.05) is 0 Å². The lowest BCUT2D eigenvalue weighted by Gasteiger charge is -2.28. The third kappa shape index (κ3) is 7.37. The maximum Gasteiger partial charge on any atom is -0.00439 e. The van der Waals surface area contributed by atoms with Crippen LogP contribution in [0.3, 0.4) is 0 Å². The molecule has 0 heterocycles. The first-order chi connectivity index (χ1) is 6.52. The Bertz CT molecular complexity index is 129. The smallest absolute Gasteiger partial charge is 0.00439 e. The first-order valence-corrected chi connectivity index (χ1v) is 6.22. The van der Waals surface area contributed by atoms with E-state index in [4.69, 9.17) is 0 Å². The molecule has 0 aromatic carbocycles.